The van der Waals surface area contributed by atoms with E-state index in [0.29, 0.717) is 11.3 Å². The van der Waals surface area contributed by atoms with Crippen molar-refractivity contribution in [2.45, 2.75) is 20.0 Å². The standard InChI is InChI=1S/C14H13F3N2OS/c1-7-5-11(20-3)8(2)4-9(7)10-6-12(21)19-13(18-10)14(15,16)17/h4-6H,1-3H3,(H,18,19,21). The van der Waals surface area contributed by atoms with E-state index < -0.39 is 12.0 Å². The van der Waals surface area contributed by atoms with Crippen LogP contribution in [0.3, 0.4) is 0 Å². The number of nitrogens with one attached hydrogen (secondary N) is 1. The quantitative estimate of drug-likeness (QED) is 0.832. The van der Waals surface area contributed by atoms with Gasteiger partial charge in [-0.15, -0.1) is 0 Å². The molecule has 3 nitrogen and oxygen atoms in total. The van der Waals surface area contributed by atoms with Crippen molar-refractivity contribution in [3.8, 4) is 17.0 Å². The Morgan fingerprint density at radius 1 is 1.14 bits per heavy atom. The van der Waals surface area contributed by atoms with Crippen LogP contribution in [0.1, 0.15) is 17.0 Å². The molecule has 2 rings (SSSR count). The molecule has 0 fully saturated rings. The molecule has 0 saturated carbocycles. The Balaban J connectivity index is 2.65. The Morgan fingerprint density at radius 3 is 2.38 bits per heavy atom. The first kappa shape index (κ1) is 15.5. The van der Waals surface area contributed by atoms with E-state index in [9.17, 15) is 13.2 Å². The molecule has 2 aromatic rings. The van der Waals surface area contributed by atoms with Crippen molar-refractivity contribution in [3.05, 3.63) is 39.8 Å². The van der Waals surface area contributed by atoms with E-state index in [4.69, 9.17) is 17.0 Å². The van der Waals surface area contributed by atoms with Crippen molar-refractivity contribution < 1.29 is 17.9 Å². The van der Waals surface area contributed by atoms with Crippen LogP contribution in [0.15, 0.2) is 18.2 Å². The largest absolute Gasteiger partial charge is 0.496 e. The fourth-order valence-corrected chi connectivity index (χ4v) is 2.25. The molecule has 0 radical (unpaired) electrons. The summed E-state index contributed by atoms with van der Waals surface area (Å²) >= 11 is 4.82. The molecule has 1 aromatic heterocycles. The highest BCUT2D eigenvalue weighted by Gasteiger charge is 2.34. The highest BCUT2D eigenvalue weighted by atomic mass is 32.1. The molecular weight excluding hydrogens is 301 g/mol. The lowest BCUT2D eigenvalue weighted by molar-refractivity contribution is -0.144. The Labute approximate surface area is 124 Å². The van der Waals surface area contributed by atoms with Gasteiger partial charge in [-0.1, -0.05) is 12.2 Å². The van der Waals surface area contributed by atoms with Gasteiger partial charge in [0.2, 0.25) is 5.82 Å². The minimum Gasteiger partial charge on any atom is -0.496 e. The fraction of sp³-hybridized carbons (Fsp3) is 0.286. The predicted molar refractivity (Wildman–Crippen MR) is 75.9 cm³/mol. The first-order valence-electron chi connectivity index (χ1n) is 6.06. The van der Waals surface area contributed by atoms with Crippen LogP contribution in [0.25, 0.3) is 11.3 Å². The Hall–Kier alpha value is -1.89. The average Bonchev–Trinajstić information content (AvgIpc) is 2.39. The Bertz CT molecular complexity index is 738. The zero-order valence-corrected chi connectivity index (χ0v) is 12.4. The molecule has 0 bridgehead atoms. The van der Waals surface area contributed by atoms with Crippen LogP contribution >= 0.6 is 12.2 Å². The number of benzene rings is 1. The number of halogens is 3. The molecule has 0 saturated heterocycles. The maximum atomic E-state index is 12.8. The maximum Gasteiger partial charge on any atom is 0.449 e. The number of aromatic nitrogens is 2. The van der Waals surface area contributed by atoms with Gasteiger partial charge in [-0.05, 0) is 43.2 Å². The molecule has 1 heterocycles. The molecule has 1 N–H and O–H groups in total. The number of methoxy groups -OCH3 is 1. The van der Waals surface area contributed by atoms with E-state index in [0.717, 1.165) is 11.1 Å². The van der Waals surface area contributed by atoms with Crippen LogP contribution in [-0.2, 0) is 6.18 Å². The lowest BCUT2D eigenvalue weighted by Gasteiger charge is -2.13. The summed E-state index contributed by atoms with van der Waals surface area (Å²) in [6.07, 6.45) is -4.57. The summed E-state index contributed by atoms with van der Waals surface area (Å²) in [7, 11) is 1.54. The van der Waals surface area contributed by atoms with Gasteiger partial charge in [0.15, 0.2) is 0 Å². The van der Waals surface area contributed by atoms with Gasteiger partial charge in [0.1, 0.15) is 10.4 Å². The van der Waals surface area contributed by atoms with Crippen LogP contribution < -0.4 is 4.74 Å². The number of nitrogens with zero attached hydrogens (tertiary/aromatic N) is 1. The van der Waals surface area contributed by atoms with E-state index in [1.54, 1.807) is 26.2 Å². The van der Waals surface area contributed by atoms with Gasteiger partial charge >= 0.3 is 6.18 Å². The molecule has 112 valence electrons. The number of hydrogen-bond donors (Lipinski definition) is 1. The monoisotopic (exact) mass is 314 g/mol. The van der Waals surface area contributed by atoms with Gasteiger partial charge in [0.05, 0.1) is 12.8 Å². The predicted octanol–water partition coefficient (Wildman–Crippen LogP) is 4.45. The van der Waals surface area contributed by atoms with Gasteiger partial charge in [0.25, 0.3) is 0 Å². The van der Waals surface area contributed by atoms with Gasteiger partial charge < -0.3 is 9.72 Å². The highest BCUT2D eigenvalue weighted by Crippen LogP contribution is 2.31. The normalized spacial score (nSPS) is 11.5. The van der Waals surface area contributed by atoms with Crippen LogP contribution in [0.5, 0.6) is 5.75 Å². The molecule has 0 amide bonds. The third-order valence-electron chi connectivity index (χ3n) is 3.04. The topological polar surface area (TPSA) is 37.9 Å². The van der Waals surface area contributed by atoms with Gasteiger partial charge in [-0.3, -0.25) is 0 Å². The first-order chi connectivity index (χ1) is 9.72. The number of H-pyrrole nitrogens is 1. The molecule has 0 aliphatic rings. The molecule has 1 aromatic carbocycles. The van der Waals surface area contributed by atoms with E-state index in [1.807, 2.05) is 6.92 Å². The molecular formula is C14H13F3N2OS. The lowest BCUT2D eigenvalue weighted by Crippen LogP contribution is -2.11. The van der Waals surface area contributed by atoms with Gasteiger partial charge in [-0.2, -0.15) is 13.2 Å². The summed E-state index contributed by atoms with van der Waals surface area (Å²) in [4.78, 5) is 5.63. The molecule has 0 atom stereocenters. The van der Waals surface area contributed by atoms with Crippen molar-refractivity contribution in [2.75, 3.05) is 7.11 Å². The summed E-state index contributed by atoms with van der Waals surface area (Å²) in [6.45, 7) is 3.62. The van der Waals surface area contributed by atoms with Gasteiger partial charge in [0, 0.05) is 5.56 Å². The minimum atomic E-state index is -4.57. The second-order valence-corrected chi connectivity index (χ2v) is 5.03. The van der Waals surface area contributed by atoms with E-state index in [2.05, 4.69) is 9.97 Å². The Kier molecular flexibility index (Phi) is 4.04. The number of ether oxygens (including phenoxy) is 1. The number of aromatic amines is 1. The summed E-state index contributed by atoms with van der Waals surface area (Å²) in [6, 6.07) is 4.95. The second kappa shape index (κ2) is 5.48. The SMILES string of the molecule is COc1cc(C)c(-c2cc(=S)nc(C(F)(F)F)[nH]2)cc1C. The molecule has 7 heteroatoms. The zero-order valence-electron chi connectivity index (χ0n) is 11.6. The maximum absolute atomic E-state index is 12.8. The van der Waals surface area contributed by atoms with E-state index in [-0.39, 0.29) is 10.3 Å². The van der Waals surface area contributed by atoms with Gasteiger partial charge in [-0.25, -0.2) is 4.98 Å². The molecule has 0 unspecified atom stereocenters. The zero-order chi connectivity index (χ0) is 15.8. The van der Waals surface area contributed by atoms with Crippen molar-refractivity contribution in [2.24, 2.45) is 0 Å². The highest BCUT2D eigenvalue weighted by molar-refractivity contribution is 7.71. The van der Waals surface area contributed by atoms with E-state index >= 15 is 0 Å². The number of aryl methyl sites for hydroxylation is 2. The first-order valence-corrected chi connectivity index (χ1v) is 6.47. The molecule has 21 heavy (non-hydrogen) atoms. The third-order valence-corrected chi connectivity index (χ3v) is 3.25. The number of hydrogen-bond acceptors (Lipinski definition) is 3. The summed E-state index contributed by atoms with van der Waals surface area (Å²) < 4.78 is 43.5. The van der Waals surface area contributed by atoms with Crippen molar-refractivity contribution in [1.29, 1.82) is 0 Å². The second-order valence-electron chi connectivity index (χ2n) is 4.62. The van der Waals surface area contributed by atoms with Crippen LogP contribution in [-0.4, -0.2) is 17.1 Å². The molecule has 0 spiro atoms. The summed E-state index contributed by atoms with van der Waals surface area (Å²) in [5.41, 5.74) is 2.52. The van der Waals surface area contributed by atoms with Crippen molar-refractivity contribution >= 4 is 12.2 Å². The number of rotatable bonds is 2. The van der Waals surface area contributed by atoms with Crippen LogP contribution in [0.2, 0.25) is 0 Å². The molecule has 0 aliphatic carbocycles. The minimum absolute atomic E-state index is 0.107. The van der Waals surface area contributed by atoms with E-state index in [1.165, 1.54) is 6.07 Å². The summed E-state index contributed by atoms with van der Waals surface area (Å²) in [5.74, 6) is -0.419. The van der Waals surface area contributed by atoms with Crippen molar-refractivity contribution in [3.63, 3.8) is 0 Å². The summed E-state index contributed by atoms with van der Waals surface area (Å²) in [5, 5.41) is 0. The Morgan fingerprint density at radius 2 is 1.81 bits per heavy atom. The average molecular weight is 314 g/mol. The lowest BCUT2D eigenvalue weighted by atomic mass is 10.0. The molecule has 0 aliphatic heterocycles. The van der Waals surface area contributed by atoms with Crippen LogP contribution in [0.4, 0.5) is 13.2 Å². The fourth-order valence-electron chi connectivity index (χ4n) is 2.04. The van der Waals surface area contributed by atoms with Crippen molar-refractivity contribution in [1.82, 2.24) is 9.97 Å². The smallest absolute Gasteiger partial charge is 0.449 e. The third kappa shape index (κ3) is 3.24. The number of alkyl halides is 3. The van der Waals surface area contributed by atoms with Crippen LogP contribution in [0, 0.1) is 18.5 Å².